The maximum Gasteiger partial charge on any atom is 0.573 e. The zero-order valence-corrected chi connectivity index (χ0v) is 17.2. The molecule has 0 spiro atoms. The van der Waals surface area contributed by atoms with Crippen LogP contribution >= 0.6 is 0 Å². The van der Waals surface area contributed by atoms with Crippen LogP contribution in [0.2, 0.25) is 0 Å². The first-order valence-electron chi connectivity index (χ1n) is 9.92. The van der Waals surface area contributed by atoms with E-state index in [2.05, 4.69) is 4.74 Å². The van der Waals surface area contributed by atoms with Crippen molar-refractivity contribution < 1.29 is 37.0 Å². The van der Waals surface area contributed by atoms with Crippen LogP contribution in [0.1, 0.15) is 15.9 Å². The van der Waals surface area contributed by atoms with Crippen LogP contribution in [0.3, 0.4) is 0 Å². The van der Waals surface area contributed by atoms with Crippen molar-refractivity contribution in [3.63, 3.8) is 0 Å². The number of fused-ring (bicyclic) bond motifs is 1. The number of amides is 2. The fourth-order valence-electron chi connectivity index (χ4n) is 3.95. The molecular formula is C22H21F3N2O5. The third-order valence-corrected chi connectivity index (χ3v) is 5.51. The monoisotopic (exact) mass is 450 g/mol. The minimum absolute atomic E-state index is 0.110. The molecule has 2 aliphatic rings. The molecule has 2 heterocycles. The summed E-state index contributed by atoms with van der Waals surface area (Å²) in [6.07, 6.45) is -5.10. The van der Waals surface area contributed by atoms with Gasteiger partial charge in [0.1, 0.15) is 18.1 Å². The summed E-state index contributed by atoms with van der Waals surface area (Å²) in [5.41, 5.74) is 1.15. The van der Waals surface area contributed by atoms with Crippen LogP contribution in [-0.2, 0) is 16.1 Å². The van der Waals surface area contributed by atoms with Crippen LogP contribution in [0.4, 0.5) is 13.2 Å². The van der Waals surface area contributed by atoms with Crippen molar-refractivity contribution in [2.24, 2.45) is 0 Å². The summed E-state index contributed by atoms with van der Waals surface area (Å²) in [5.74, 6) is -0.0970. The number of hydrogen-bond donors (Lipinski definition) is 0. The topological polar surface area (TPSA) is 68.3 Å². The van der Waals surface area contributed by atoms with Crippen molar-refractivity contribution in [2.75, 3.05) is 26.8 Å². The number of alkyl halides is 3. The van der Waals surface area contributed by atoms with E-state index in [1.54, 1.807) is 41.2 Å². The van der Waals surface area contributed by atoms with Gasteiger partial charge in [-0.15, -0.1) is 13.2 Å². The first-order valence-corrected chi connectivity index (χ1v) is 9.92. The van der Waals surface area contributed by atoms with Gasteiger partial charge >= 0.3 is 6.36 Å². The van der Waals surface area contributed by atoms with E-state index in [0.717, 1.165) is 0 Å². The summed E-state index contributed by atoms with van der Waals surface area (Å²) in [4.78, 5) is 28.7. The Kier molecular flexibility index (Phi) is 5.96. The van der Waals surface area contributed by atoms with E-state index in [9.17, 15) is 22.8 Å². The van der Waals surface area contributed by atoms with Gasteiger partial charge in [0.05, 0.1) is 19.3 Å². The minimum Gasteiger partial charge on any atom is -0.497 e. The Hall–Kier alpha value is -3.27. The number of morpholine rings is 1. The molecule has 2 aliphatic heterocycles. The third-order valence-electron chi connectivity index (χ3n) is 5.51. The van der Waals surface area contributed by atoms with Crippen molar-refractivity contribution in [1.29, 1.82) is 0 Å². The molecule has 2 amide bonds. The van der Waals surface area contributed by atoms with Crippen LogP contribution < -0.4 is 9.47 Å². The van der Waals surface area contributed by atoms with Gasteiger partial charge in [0.25, 0.3) is 5.91 Å². The highest BCUT2D eigenvalue weighted by atomic mass is 19.4. The predicted molar refractivity (Wildman–Crippen MR) is 106 cm³/mol. The zero-order chi connectivity index (χ0) is 22.9. The number of carbonyl (C=O) groups excluding carboxylic acids is 2. The van der Waals surface area contributed by atoms with Crippen LogP contribution in [0.5, 0.6) is 11.5 Å². The maximum atomic E-state index is 12.9. The first-order chi connectivity index (χ1) is 15.2. The molecule has 32 heavy (non-hydrogen) atoms. The zero-order valence-electron chi connectivity index (χ0n) is 17.2. The number of likely N-dealkylation sites (tertiary alicyclic amines) is 1. The molecule has 0 bridgehead atoms. The molecule has 2 fully saturated rings. The number of benzene rings is 2. The minimum atomic E-state index is -4.77. The molecule has 170 valence electrons. The van der Waals surface area contributed by atoms with Gasteiger partial charge in [-0.1, -0.05) is 12.1 Å². The van der Waals surface area contributed by atoms with E-state index in [1.807, 2.05) is 0 Å². The van der Waals surface area contributed by atoms with Crippen molar-refractivity contribution in [2.45, 2.75) is 25.1 Å². The number of ether oxygens (including phenoxy) is 3. The summed E-state index contributed by atoms with van der Waals surface area (Å²) < 4.78 is 51.7. The average Bonchev–Trinajstić information content (AvgIpc) is 3.20. The summed E-state index contributed by atoms with van der Waals surface area (Å²) in [6, 6.07) is 11.8. The number of carbonyl (C=O) groups is 2. The van der Waals surface area contributed by atoms with E-state index in [-0.39, 0.29) is 42.9 Å². The van der Waals surface area contributed by atoms with Crippen molar-refractivity contribution in [3.8, 4) is 11.5 Å². The molecule has 2 aromatic carbocycles. The maximum absolute atomic E-state index is 12.9. The SMILES string of the molecule is COc1ccc(C(=O)N2C[C@@H]3OCC(=O)N(Cc4ccc(OC(F)(F)F)cc4)[C@@H]3C2)cc1. The highest BCUT2D eigenvalue weighted by Crippen LogP contribution is 2.28. The number of nitrogens with zero attached hydrogens (tertiary/aromatic N) is 2. The second kappa shape index (κ2) is 8.70. The Morgan fingerprint density at radius 2 is 1.72 bits per heavy atom. The van der Waals surface area contributed by atoms with Gasteiger partial charge in [-0.3, -0.25) is 9.59 Å². The quantitative estimate of drug-likeness (QED) is 0.701. The molecule has 0 aromatic heterocycles. The van der Waals surface area contributed by atoms with E-state index >= 15 is 0 Å². The molecule has 2 atom stereocenters. The summed E-state index contributed by atoms with van der Waals surface area (Å²) >= 11 is 0. The lowest BCUT2D eigenvalue weighted by Crippen LogP contribution is -2.53. The van der Waals surface area contributed by atoms with Crippen molar-refractivity contribution in [1.82, 2.24) is 9.80 Å². The summed E-state index contributed by atoms with van der Waals surface area (Å²) in [7, 11) is 1.54. The molecule has 2 aromatic rings. The van der Waals surface area contributed by atoms with Gasteiger partial charge in [0.15, 0.2) is 0 Å². The first kappa shape index (κ1) is 21.9. The second-order valence-corrected chi connectivity index (χ2v) is 7.57. The van der Waals surface area contributed by atoms with Crippen LogP contribution in [0.15, 0.2) is 48.5 Å². The highest BCUT2D eigenvalue weighted by Gasteiger charge is 2.44. The number of rotatable bonds is 5. The van der Waals surface area contributed by atoms with Crippen LogP contribution in [-0.4, -0.2) is 66.9 Å². The molecule has 4 rings (SSSR count). The normalized spacial score (nSPS) is 20.8. The standard InChI is InChI=1S/C22H21F3N2O5/c1-30-16-8-4-15(5-9-16)21(29)26-11-18-19(12-26)31-13-20(28)27(18)10-14-2-6-17(7-3-14)32-22(23,24)25/h2-9,18-19H,10-13H2,1H3/t18-,19+/m1/s1. The van der Waals surface area contributed by atoms with E-state index < -0.39 is 6.36 Å². The lowest BCUT2D eigenvalue weighted by molar-refractivity contribution is -0.274. The molecule has 2 saturated heterocycles. The Bertz CT molecular complexity index is 979. The van der Waals surface area contributed by atoms with E-state index in [1.165, 1.54) is 24.3 Å². The van der Waals surface area contributed by atoms with Crippen LogP contribution in [0.25, 0.3) is 0 Å². The fraction of sp³-hybridized carbons (Fsp3) is 0.364. The Labute approximate surface area is 182 Å². The number of hydrogen-bond acceptors (Lipinski definition) is 5. The summed E-state index contributed by atoms with van der Waals surface area (Å²) in [5, 5.41) is 0. The van der Waals surface area contributed by atoms with Crippen molar-refractivity contribution in [3.05, 3.63) is 59.7 Å². The lowest BCUT2D eigenvalue weighted by Gasteiger charge is -2.36. The molecule has 7 nitrogen and oxygen atoms in total. The van der Waals surface area contributed by atoms with Gasteiger partial charge < -0.3 is 24.0 Å². The third kappa shape index (κ3) is 4.80. The van der Waals surface area contributed by atoms with Gasteiger partial charge in [-0.05, 0) is 42.0 Å². The van der Waals surface area contributed by atoms with Gasteiger partial charge in [0.2, 0.25) is 5.91 Å². The smallest absolute Gasteiger partial charge is 0.497 e. The van der Waals surface area contributed by atoms with Crippen molar-refractivity contribution >= 4 is 11.8 Å². The van der Waals surface area contributed by atoms with Gasteiger partial charge in [0, 0.05) is 25.2 Å². The highest BCUT2D eigenvalue weighted by molar-refractivity contribution is 5.94. The lowest BCUT2D eigenvalue weighted by atomic mass is 10.1. The van der Waals surface area contributed by atoms with Gasteiger partial charge in [-0.25, -0.2) is 0 Å². The average molecular weight is 450 g/mol. The largest absolute Gasteiger partial charge is 0.573 e. The predicted octanol–water partition coefficient (Wildman–Crippen LogP) is 2.85. The molecule has 0 unspecified atom stereocenters. The Morgan fingerprint density at radius 1 is 1.06 bits per heavy atom. The van der Waals surface area contributed by atoms with E-state index in [0.29, 0.717) is 30.0 Å². The second-order valence-electron chi connectivity index (χ2n) is 7.57. The molecule has 0 saturated carbocycles. The van der Waals surface area contributed by atoms with Gasteiger partial charge in [-0.2, -0.15) is 0 Å². The molecule has 0 aliphatic carbocycles. The van der Waals surface area contributed by atoms with Crippen LogP contribution in [0, 0.1) is 0 Å². The fourth-order valence-corrected chi connectivity index (χ4v) is 3.95. The number of halogens is 3. The molecule has 10 heteroatoms. The number of methoxy groups -OCH3 is 1. The molecule has 0 radical (unpaired) electrons. The summed E-state index contributed by atoms with van der Waals surface area (Å²) in [6.45, 7) is 0.732. The Morgan fingerprint density at radius 3 is 2.34 bits per heavy atom. The molecule has 0 N–H and O–H groups in total. The molecular weight excluding hydrogens is 429 g/mol. The van der Waals surface area contributed by atoms with E-state index in [4.69, 9.17) is 9.47 Å². The Balaban J connectivity index is 1.45.